The first-order chi connectivity index (χ1) is 10.2. The molecule has 4 rings (SSSR count). The molecule has 2 heterocycles. The summed E-state index contributed by atoms with van der Waals surface area (Å²) in [5.41, 5.74) is 3.86. The van der Waals surface area contributed by atoms with Gasteiger partial charge in [0.1, 0.15) is 5.75 Å². The summed E-state index contributed by atoms with van der Waals surface area (Å²) >= 11 is 0. The van der Waals surface area contributed by atoms with Crippen LogP contribution in [0.2, 0.25) is 0 Å². The Balaban J connectivity index is 1.49. The third kappa shape index (κ3) is 2.45. The van der Waals surface area contributed by atoms with E-state index in [1.54, 1.807) is 0 Å². The fraction of sp³-hybridized carbons (Fsp3) is 0.647. The van der Waals surface area contributed by atoms with E-state index in [2.05, 4.69) is 22.9 Å². The van der Waals surface area contributed by atoms with Crippen molar-refractivity contribution in [2.45, 2.75) is 38.0 Å². The van der Waals surface area contributed by atoms with Crippen LogP contribution in [0.5, 0.6) is 5.75 Å². The largest absolute Gasteiger partial charge is 0.508 e. The molecule has 0 aromatic heterocycles. The fourth-order valence-electron chi connectivity index (χ4n) is 4.09. The molecule has 2 fully saturated rings. The van der Waals surface area contributed by atoms with E-state index in [-0.39, 0.29) is 0 Å². The third-order valence-electron chi connectivity index (χ3n) is 5.34. The minimum Gasteiger partial charge on any atom is -0.508 e. The van der Waals surface area contributed by atoms with Gasteiger partial charge in [-0.2, -0.15) is 0 Å². The lowest BCUT2D eigenvalue weighted by atomic mass is 10.0. The Hall–Kier alpha value is -1.10. The zero-order valence-electron chi connectivity index (χ0n) is 12.7. The van der Waals surface area contributed by atoms with Crippen LogP contribution >= 0.6 is 0 Å². The predicted octanol–water partition coefficient (Wildman–Crippen LogP) is 1.40. The summed E-state index contributed by atoms with van der Waals surface area (Å²) in [6, 6.07) is 4.73. The maximum absolute atomic E-state index is 10.3. The molecule has 4 nitrogen and oxygen atoms in total. The van der Waals surface area contributed by atoms with Crippen molar-refractivity contribution < 1.29 is 9.84 Å². The molecule has 21 heavy (non-hydrogen) atoms. The van der Waals surface area contributed by atoms with Gasteiger partial charge in [-0.3, -0.25) is 9.80 Å². The van der Waals surface area contributed by atoms with Gasteiger partial charge in [0.2, 0.25) is 0 Å². The van der Waals surface area contributed by atoms with Gasteiger partial charge in [0.15, 0.2) is 0 Å². The van der Waals surface area contributed by atoms with Crippen LogP contribution in [0.3, 0.4) is 0 Å². The topological polar surface area (TPSA) is 35.9 Å². The van der Waals surface area contributed by atoms with E-state index < -0.39 is 0 Å². The van der Waals surface area contributed by atoms with E-state index in [0.29, 0.717) is 17.9 Å². The van der Waals surface area contributed by atoms with Gasteiger partial charge in [-0.05, 0) is 43.5 Å². The Morgan fingerprint density at radius 2 is 2.05 bits per heavy atom. The Labute approximate surface area is 126 Å². The van der Waals surface area contributed by atoms with Crippen molar-refractivity contribution in [3.8, 4) is 5.75 Å². The van der Waals surface area contributed by atoms with Crippen molar-refractivity contribution in [3.63, 3.8) is 0 Å². The van der Waals surface area contributed by atoms with E-state index in [1.165, 1.54) is 24.0 Å². The number of hydrogen-bond acceptors (Lipinski definition) is 4. The van der Waals surface area contributed by atoms with Gasteiger partial charge in [-0.25, -0.2) is 0 Å². The van der Waals surface area contributed by atoms with Crippen molar-refractivity contribution in [2.24, 2.45) is 0 Å². The first-order valence-corrected chi connectivity index (χ1v) is 8.08. The Morgan fingerprint density at radius 1 is 1.24 bits per heavy atom. The van der Waals surface area contributed by atoms with Gasteiger partial charge in [-0.15, -0.1) is 0 Å². The molecule has 1 N–H and O–H groups in total. The standard InChI is InChI=1S/C17H24N2O2/c1-18-5-6-21-17-11-19(10-15(17)18)9-14-7-12-3-2-4-13(12)8-16(14)20/h7-8,15,17,20H,2-6,9-11H2,1H3/t15-,17-/m1/s1. The average Bonchev–Trinajstić information content (AvgIpc) is 3.06. The highest BCUT2D eigenvalue weighted by molar-refractivity contribution is 5.44. The SMILES string of the molecule is CN1CCO[C@@H]2CN(Cc3cc4c(cc3O)CCC4)C[C@H]21. The third-order valence-corrected chi connectivity index (χ3v) is 5.34. The maximum atomic E-state index is 10.3. The minimum absolute atomic E-state index is 0.334. The molecule has 1 aliphatic carbocycles. The van der Waals surface area contributed by atoms with Crippen molar-refractivity contribution >= 4 is 0 Å². The lowest BCUT2D eigenvalue weighted by Gasteiger charge is -2.33. The summed E-state index contributed by atoms with van der Waals surface area (Å²) in [5, 5.41) is 10.3. The van der Waals surface area contributed by atoms with Crippen LogP contribution in [0.25, 0.3) is 0 Å². The highest BCUT2D eigenvalue weighted by Gasteiger charge is 2.38. The smallest absolute Gasteiger partial charge is 0.120 e. The molecular formula is C17H24N2O2. The predicted molar refractivity (Wildman–Crippen MR) is 81.6 cm³/mol. The monoisotopic (exact) mass is 288 g/mol. The van der Waals surface area contributed by atoms with Crippen LogP contribution in [0.1, 0.15) is 23.1 Å². The lowest BCUT2D eigenvalue weighted by molar-refractivity contribution is -0.0370. The number of fused-ring (bicyclic) bond motifs is 2. The number of nitrogens with zero attached hydrogens (tertiary/aromatic N) is 2. The van der Waals surface area contributed by atoms with E-state index in [4.69, 9.17) is 4.74 Å². The molecule has 0 saturated carbocycles. The quantitative estimate of drug-likeness (QED) is 0.892. The van der Waals surface area contributed by atoms with Gasteiger partial charge in [0, 0.05) is 37.8 Å². The van der Waals surface area contributed by atoms with E-state index >= 15 is 0 Å². The Bertz CT molecular complexity index is 546. The molecule has 2 aliphatic heterocycles. The Kier molecular flexibility index (Phi) is 3.40. The second-order valence-corrected chi connectivity index (χ2v) is 6.75. The van der Waals surface area contributed by atoms with Crippen LogP contribution in [0.15, 0.2) is 12.1 Å². The molecule has 0 unspecified atom stereocenters. The summed E-state index contributed by atoms with van der Waals surface area (Å²) in [6.45, 7) is 4.72. The molecule has 1 aromatic rings. The second kappa shape index (κ2) is 5.27. The number of hydrogen-bond donors (Lipinski definition) is 1. The summed E-state index contributed by atoms with van der Waals surface area (Å²) < 4.78 is 5.90. The second-order valence-electron chi connectivity index (χ2n) is 6.75. The van der Waals surface area contributed by atoms with E-state index in [9.17, 15) is 5.11 Å². The highest BCUT2D eigenvalue weighted by Crippen LogP contribution is 2.31. The average molecular weight is 288 g/mol. The van der Waals surface area contributed by atoms with Crippen LogP contribution in [0, 0.1) is 0 Å². The van der Waals surface area contributed by atoms with Crippen LogP contribution in [0.4, 0.5) is 0 Å². The zero-order chi connectivity index (χ0) is 14.4. The molecule has 114 valence electrons. The molecule has 0 bridgehead atoms. The van der Waals surface area contributed by atoms with Crippen LogP contribution in [-0.4, -0.2) is 60.3 Å². The molecule has 3 aliphatic rings. The highest BCUT2D eigenvalue weighted by atomic mass is 16.5. The zero-order valence-corrected chi connectivity index (χ0v) is 12.7. The van der Waals surface area contributed by atoms with E-state index in [0.717, 1.165) is 44.8 Å². The van der Waals surface area contributed by atoms with Crippen molar-refractivity contribution in [1.29, 1.82) is 0 Å². The number of phenolic OH excluding ortho intramolecular Hbond substituents is 1. The summed E-state index contributed by atoms with van der Waals surface area (Å²) in [5.74, 6) is 0.472. The molecule has 0 spiro atoms. The molecule has 2 saturated heterocycles. The number of phenols is 1. The molecular weight excluding hydrogens is 264 g/mol. The molecule has 2 atom stereocenters. The van der Waals surface area contributed by atoms with Gasteiger partial charge in [0.25, 0.3) is 0 Å². The Morgan fingerprint density at radius 3 is 2.86 bits per heavy atom. The number of ether oxygens (including phenoxy) is 1. The number of benzene rings is 1. The van der Waals surface area contributed by atoms with Crippen molar-refractivity contribution in [2.75, 3.05) is 33.3 Å². The van der Waals surface area contributed by atoms with Gasteiger partial charge in [0.05, 0.1) is 12.7 Å². The molecule has 0 amide bonds. The van der Waals surface area contributed by atoms with Gasteiger partial charge < -0.3 is 9.84 Å². The fourth-order valence-corrected chi connectivity index (χ4v) is 4.09. The maximum Gasteiger partial charge on any atom is 0.120 e. The van der Waals surface area contributed by atoms with Gasteiger partial charge >= 0.3 is 0 Å². The van der Waals surface area contributed by atoms with Crippen LogP contribution in [-0.2, 0) is 24.1 Å². The number of rotatable bonds is 2. The lowest BCUT2D eigenvalue weighted by Crippen LogP contribution is -2.48. The molecule has 4 heteroatoms. The van der Waals surface area contributed by atoms with Crippen LogP contribution < -0.4 is 0 Å². The first-order valence-electron chi connectivity index (χ1n) is 8.08. The molecule has 0 radical (unpaired) electrons. The first kappa shape index (κ1) is 13.6. The number of aromatic hydroxyl groups is 1. The number of likely N-dealkylation sites (tertiary alicyclic amines) is 1. The number of likely N-dealkylation sites (N-methyl/N-ethyl adjacent to an activating group) is 1. The minimum atomic E-state index is 0.334. The van der Waals surface area contributed by atoms with Crippen molar-refractivity contribution in [1.82, 2.24) is 9.80 Å². The summed E-state index contributed by atoms with van der Waals surface area (Å²) in [7, 11) is 2.19. The number of aryl methyl sites for hydroxylation is 2. The summed E-state index contributed by atoms with van der Waals surface area (Å²) in [6.07, 6.45) is 3.85. The van der Waals surface area contributed by atoms with E-state index in [1.807, 2.05) is 6.07 Å². The molecule has 1 aromatic carbocycles. The van der Waals surface area contributed by atoms with Crippen molar-refractivity contribution in [3.05, 3.63) is 28.8 Å². The van der Waals surface area contributed by atoms with Gasteiger partial charge in [-0.1, -0.05) is 6.07 Å². The normalized spacial score (nSPS) is 29.6. The number of morpholine rings is 1. The summed E-state index contributed by atoms with van der Waals surface area (Å²) in [4.78, 5) is 4.84.